The molecule has 0 heterocycles. The van der Waals surface area contributed by atoms with E-state index in [1.165, 1.54) is 54.6 Å². The zero-order valence-electron chi connectivity index (χ0n) is 21.1. The summed E-state index contributed by atoms with van der Waals surface area (Å²) in [7, 11) is -8.65. The maximum absolute atomic E-state index is 13.5. The maximum atomic E-state index is 13.5. The summed E-state index contributed by atoms with van der Waals surface area (Å²) < 4.78 is 108. The van der Waals surface area contributed by atoms with E-state index in [1.54, 1.807) is 0 Å². The van der Waals surface area contributed by atoms with Gasteiger partial charge < -0.3 is 5.32 Å². The highest BCUT2D eigenvalue weighted by Gasteiger charge is 2.34. The molecule has 4 rings (SSSR count). The smallest absolute Gasteiger partial charge is 0.325 e. The summed E-state index contributed by atoms with van der Waals surface area (Å²) >= 11 is 6.12. The number of nitrogens with one attached hydrogen (secondary N) is 2. The van der Waals surface area contributed by atoms with Crippen molar-refractivity contribution >= 4 is 54.6 Å². The normalized spacial score (nSPS) is 12.0. The average molecular weight is 642 g/mol. The molecule has 220 valence electrons. The van der Waals surface area contributed by atoms with Crippen molar-refractivity contribution in [1.82, 2.24) is 0 Å². The number of sulfonamides is 2. The predicted molar refractivity (Wildman–Crippen MR) is 150 cm³/mol. The molecule has 0 aliphatic heterocycles. The highest BCUT2D eigenvalue weighted by Crippen LogP contribution is 2.37. The Bertz CT molecular complexity index is 1800. The van der Waals surface area contributed by atoms with Crippen LogP contribution in [0, 0.1) is 5.82 Å². The zero-order valence-corrected chi connectivity index (χ0v) is 23.5. The van der Waals surface area contributed by atoms with Gasteiger partial charge in [-0.2, -0.15) is 13.2 Å². The fourth-order valence-electron chi connectivity index (χ4n) is 3.68. The molecule has 0 radical (unpaired) electrons. The summed E-state index contributed by atoms with van der Waals surface area (Å²) in [4.78, 5) is 12.5. The lowest BCUT2D eigenvalue weighted by Gasteiger charge is -2.26. The molecular formula is C27H20ClF4N3O5S2. The number of hydrogen-bond donors (Lipinski definition) is 2. The number of carbonyl (C=O) groups is 1. The van der Waals surface area contributed by atoms with Crippen LogP contribution in [0.5, 0.6) is 0 Å². The quantitative estimate of drug-likeness (QED) is 0.214. The third-order valence-electron chi connectivity index (χ3n) is 5.71. The van der Waals surface area contributed by atoms with E-state index in [1.807, 2.05) is 0 Å². The lowest BCUT2D eigenvalue weighted by molar-refractivity contribution is -0.137. The molecule has 2 N–H and O–H groups in total. The van der Waals surface area contributed by atoms with Crippen LogP contribution in [0.4, 0.5) is 34.6 Å². The van der Waals surface area contributed by atoms with E-state index in [-0.39, 0.29) is 26.2 Å². The molecular weight excluding hydrogens is 622 g/mol. The first-order valence-electron chi connectivity index (χ1n) is 11.8. The highest BCUT2D eigenvalue weighted by molar-refractivity contribution is 7.93. The van der Waals surface area contributed by atoms with Crippen LogP contribution < -0.4 is 14.3 Å². The van der Waals surface area contributed by atoms with Gasteiger partial charge in [0.15, 0.2) is 0 Å². The second-order valence-corrected chi connectivity index (χ2v) is 12.6. The number of amides is 1. The van der Waals surface area contributed by atoms with E-state index in [0.717, 1.165) is 30.3 Å². The van der Waals surface area contributed by atoms with E-state index >= 15 is 0 Å². The minimum Gasteiger partial charge on any atom is -0.325 e. The van der Waals surface area contributed by atoms with Crippen LogP contribution in [0.3, 0.4) is 0 Å². The SMILES string of the molecule is O=C(CN(c1cc(C(F)(F)F)ccc1Cl)S(=O)(=O)c1ccccc1)Nc1ccc(S(=O)(=O)Nc2ccc(F)cc2)cc1. The number of halogens is 5. The van der Waals surface area contributed by atoms with Crippen molar-refractivity contribution in [3.8, 4) is 0 Å². The monoisotopic (exact) mass is 641 g/mol. The van der Waals surface area contributed by atoms with Crippen molar-refractivity contribution < 1.29 is 39.2 Å². The summed E-state index contributed by atoms with van der Waals surface area (Å²) in [6.45, 7) is -0.968. The van der Waals surface area contributed by atoms with Gasteiger partial charge in [0.2, 0.25) is 5.91 Å². The molecule has 0 bridgehead atoms. The second kappa shape index (κ2) is 12.0. The van der Waals surface area contributed by atoms with Gasteiger partial charge in [-0.15, -0.1) is 0 Å². The summed E-state index contributed by atoms with van der Waals surface area (Å²) in [5.41, 5.74) is -1.57. The van der Waals surface area contributed by atoms with E-state index in [9.17, 15) is 39.2 Å². The van der Waals surface area contributed by atoms with E-state index in [2.05, 4.69) is 10.0 Å². The molecule has 0 atom stereocenters. The van der Waals surface area contributed by atoms with Crippen molar-refractivity contribution in [3.63, 3.8) is 0 Å². The van der Waals surface area contributed by atoms with Gasteiger partial charge in [0.1, 0.15) is 12.4 Å². The fourth-order valence-corrected chi connectivity index (χ4v) is 6.46. The molecule has 0 aromatic heterocycles. The van der Waals surface area contributed by atoms with Gasteiger partial charge in [-0.1, -0.05) is 29.8 Å². The highest BCUT2D eigenvalue weighted by atomic mass is 35.5. The summed E-state index contributed by atoms with van der Waals surface area (Å²) in [5, 5.41) is 2.05. The van der Waals surface area contributed by atoms with Gasteiger partial charge in [-0.05, 0) is 78.9 Å². The molecule has 0 aliphatic carbocycles. The van der Waals surface area contributed by atoms with Crippen LogP contribution in [-0.4, -0.2) is 29.3 Å². The minimum atomic E-state index is -4.82. The molecule has 4 aromatic carbocycles. The Labute approximate surface area is 243 Å². The number of hydrogen-bond acceptors (Lipinski definition) is 5. The lowest BCUT2D eigenvalue weighted by Crippen LogP contribution is -2.38. The van der Waals surface area contributed by atoms with Crippen LogP contribution in [0.1, 0.15) is 5.56 Å². The summed E-state index contributed by atoms with van der Waals surface area (Å²) in [5.74, 6) is -1.51. The topological polar surface area (TPSA) is 113 Å². The Morgan fingerprint density at radius 2 is 1.38 bits per heavy atom. The van der Waals surface area contributed by atoms with Crippen molar-refractivity contribution in [1.29, 1.82) is 0 Å². The Balaban J connectivity index is 1.59. The second-order valence-electron chi connectivity index (χ2n) is 8.67. The molecule has 15 heteroatoms. The standard InChI is InChI=1S/C27H20ClF4N3O5S2/c28-24-15-6-18(27(30,31)32)16-25(24)35(42(39,40)23-4-2-1-3-5-23)17-26(36)33-20-11-13-22(14-12-20)41(37,38)34-21-9-7-19(29)8-10-21/h1-16,34H,17H2,(H,33,36). The van der Waals surface area contributed by atoms with Crippen LogP contribution in [0.2, 0.25) is 5.02 Å². The summed E-state index contributed by atoms with van der Waals surface area (Å²) in [6, 6.07) is 18.2. The molecule has 8 nitrogen and oxygen atoms in total. The Morgan fingerprint density at radius 3 is 1.98 bits per heavy atom. The lowest BCUT2D eigenvalue weighted by atomic mass is 10.2. The van der Waals surface area contributed by atoms with Gasteiger partial charge in [-0.25, -0.2) is 21.2 Å². The number of anilines is 3. The Kier molecular flexibility index (Phi) is 8.80. The van der Waals surface area contributed by atoms with Crippen LogP contribution >= 0.6 is 11.6 Å². The fraction of sp³-hybridized carbons (Fsp3) is 0.0741. The van der Waals surface area contributed by atoms with Gasteiger partial charge in [-0.3, -0.25) is 13.8 Å². The molecule has 42 heavy (non-hydrogen) atoms. The summed E-state index contributed by atoms with van der Waals surface area (Å²) in [6.07, 6.45) is -4.82. The molecule has 4 aromatic rings. The first-order chi connectivity index (χ1) is 19.7. The molecule has 0 spiro atoms. The molecule has 0 unspecified atom stereocenters. The Morgan fingerprint density at radius 1 is 0.786 bits per heavy atom. The Hall–Kier alpha value is -4.14. The molecule has 0 fully saturated rings. The van der Waals surface area contributed by atoms with Gasteiger partial charge in [0.25, 0.3) is 20.0 Å². The molecule has 0 aliphatic rings. The number of alkyl halides is 3. The van der Waals surface area contributed by atoms with Crippen molar-refractivity contribution in [3.05, 3.63) is 113 Å². The minimum absolute atomic E-state index is 0.0629. The zero-order chi connectivity index (χ0) is 30.7. The molecule has 0 saturated carbocycles. The van der Waals surface area contributed by atoms with Crippen molar-refractivity contribution in [2.24, 2.45) is 0 Å². The average Bonchev–Trinajstić information content (AvgIpc) is 2.93. The van der Waals surface area contributed by atoms with E-state index in [0.29, 0.717) is 16.4 Å². The largest absolute Gasteiger partial charge is 0.416 e. The number of nitrogens with zero attached hydrogens (tertiary/aromatic N) is 1. The van der Waals surface area contributed by atoms with E-state index < -0.39 is 55.7 Å². The van der Waals surface area contributed by atoms with Gasteiger partial charge >= 0.3 is 6.18 Å². The van der Waals surface area contributed by atoms with Crippen molar-refractivity contribution in [2.45, 2.75) is 16.0 Å². The first kappa shape index (κ1) is 30.8. The van der Waals surface area contributed by atoms with Gasteiger partial charge in [0.05, 0.1) is 26.1 Å². The van der Waals surface area contributed by atoms with Crippen LogP contribution in [0.15, 0.2) is 107 Å². The third kappa shape index (κ3) is 7.19. The number of benzene rings is 4. The molecule has 0 saturated heterocycles. The van der Waals surface area contributed by atoms with Crippen LogP contribution in [-0.2, 0) is 31.0 Å². The predicted octanol–water partition coefficient (Wildman–Crippen LogP) is 6.13. The van der Waals surface area contributed by atoms with Crippen LogP contribution in [0.25, 0.3) is 0 Å². The molecule has 1 amide bonds. The first-order valence-corrected chi connectivity index (χ1v) is 15.1. The van der Waals surface area contributed by atoms with Crippen molar-refractivity contribution in [2.75, 3.05) is 20.9 Å². The maximum Gasteiger partial charge on any atom is 0.416 e. The van der Waals surface area contributed by atoms with E-state index in [4.69, 9.17) is 11.6 Å². The third-order valence-corrected chi connectivity index (χ3v) is 9.20. The van der Waals surface area contributed by atoms with Gasteiger partial charge in [0, 0.05) is 11.4 Å². The number of rotatable bonds is 9. The number of carbonyl (C=O) groups excluding carboxylic acids is 1.